The topological polar surface area (TPSA) is 97.3 Å². The fraction of sp³-hybridized carbons (Fsp3) is 0.182. The lowest BCUT2D eigenvalue weighted by Crippen LogP contribution is -2.03. The molecular formula is C22H18O8. The highest BCUT2D eigenvalue weighted by molar-refractivity contribution is 6.07. The van der Waals surface area contributed by atoms with Crippen LogP contribution in [-0.4, -0.2) is 28.4 Å². The van der Waals surface area contributed by atoms with Gasteiger partial charge in [0.15, 0.2) is 11.2 Å². The normalized spacial score (nSPS) is 10.9. The molecule has 154 valence electrons. The fourth-order valence-corrected chi connectivity index (χ4v) is 3.51. The summed E-state index contributed by atoms with van der Waals surface area (Å²) < 4.78 is 32.9. The monoisotopic (exact) mass is 410 g/mol. The summed E-state index contributed by atoms with van der Waals surface area (Å²) in [4.78, 5) is 24.4. The molecule has 0 saturated heterocycles. The number of fused-ring (bicyclic) bond motifs is 2. The summed E-state index contributed by atoms with van der Waals surface area (Å²) >= 11 is 0. The van der Waals surface area contributed by atoms with Crippen LogP contribution < -0.4 is 30.2 Å². The molecule has 0 amide bonds. The molecule has 0 aliphatic carbocycles. The Hall–Kier alpha value is -3.94. The standard InChI is InChI=1S/C22H18O8/c1-25-13-7-5-11-15(27-3)9-17(23)29-21(11)19(13)20-14(26-2)8-6-12-16(28-4)10-18(24)30-22(12)20/h5-10H,1-4H3. The third kappa shape index (κ3) is 2.93. The predicted octanol–water partition coefficient (Wildman–Crippen LogP) is 3.60. The molecule has 2 aromatic heterocycles. The van der Waals surface area contributed by atoms with E-state index in [0.717, 1.165) is 0 Å². The van der Waals surface area contributed by atoms with E-state index in [9.17, 15) is 9.59 Å². The smallest absolute Gasteiger partial charge is 0.339 e. The predicted molar refractivity (Wildman–Crippen MR) is 110 cm³/mol. The number of benzene rings is 2. The highest BCUT2D eigenvalue weighted by Gasteiger charge is 2.24. The molecule has 2 aromatic carbocycles. The Labute approximate surface area is 170 Å². The molecule has 30 heavy (non-hydrogen) atoms. The second-order valence-electron chi connectivity index (χ2n) is 6.31. The molecule has 0 N–H and O–H groups in total. The number of methoxy groups -OCH3 is 4. The molecule has 0 bridgehead atoms. The van der Waals surface area contributed by atoms with Crippen molar-refractivity contribution in [1.29, 1.82) is 0 Å². The van der Waals surface area contributed by atoms with Gasteiger partial charge in [0.2, 0.25) is 0 Å². The Morgan fingerprint density at radius 1 is 0.567 bits per heavy atom. The van der Waals surface area contributed by atoms with Gasteiger partial charge in [-0.15, -0.1) is 0 Å². The van der Waals surface area contributed by atoms with Crippen molar-refractivity contribution in [3.8, 4) is 34.1 Å². The molecule has 0 radical (unpaired) electrons. The van der Waals surface area contributed by atoms with Gasteiger partial charge in [-0.3, -0.25) is 0 Å². The zero-order valence-electron chi connectivity index (χ0n) is 16.7. The maximum atomic E-state index is 12.2. The van der Waals surface area contributed by atoms with E-state index in [1.165, 1.54) is 40.6 Å². The Morgan fingerprint density at radius 3 is 1.27 bits per heavy atom. The summed E-state index contributed by atoms with van der Waals surface area (Å²) in [6.07, 6.45) is 0. The second-order valence-corrected chi connectivity index (χ2v) is 6.31. The summed E-state index contributed by atoms with van der Waals surface area (Å²) in [6, 6.07) is 9.35. The number of hydrogen-bond acceptors (Lipinski definition) is 8. The zero-order chi connectivity index (χ0) is 21.4. The molecule has 8 heteroatoms. The summed E-state index contributed by atoms with van der Waals surface area (Å²) in [5, 5.41) is 1.08. The molecule has 0 spiro atoms. The minimum Gasteiger partial charge on any atom is -0.496 e. The average molecular weight is 410 g/mol. The van der Waals surface area contributed by atoms with Crippen LogP contribution in [0, 0.1) is 0 Å². The molecule has 0 aliphatic heterocycles. The van der Waals surface area contributed by atoms with E-state index in [-0.39, 0.29) is 11.2 Å². The van der Waals surface area contributed by atoms with Crippen LogP contribution in [0.1, 0.15) is 0 Å². The van der Waals surface area contributed by atoms with Crippen LogP contribution in [0.2, 0.25) is 0 Å². The summed E-state index contributed by atoms with van der Waals surface area (Å²) in [5.41, 5.74) is -0.0428. The van der Waals surface area contributed by atoms with Crippen molar-refractivity contribution in [3.05, 3.63) is 57.2 Å². The molecule has 8 nitrogen and oxygen atoms in total. The van der Waals surface area contributed by atoms with Gasteiger partial charge in [0.1, 0.15) is 23.0 Å². The molecule has 0 fully saturated rings. The SMILES string of the molecule is COc1ccc2c(OC)cc(=O)oc2c1-c1c(OC)ccc2c(OC)cc(=O)oc12. The number of ether oxygens (including phenoxy) is 4. The molecule has 0 aliphatic rings. The Balaban J connectivity index is 2.28. The lowest BCUT2D eigenvalue weighted by Gasteiger charge is -2.17. The molecule has 0 atom stereocenters. The zero-order valence-corrected chi connectivity index (χ0v) is 16.7. The number of rotatable bonds is 5. The molecule has 2 heterocycles. The van der Waals surface area contributed by atoms with Gasteiger partial charge >= 0.3 is 11.3 Å². The van der Waals surface area contributed by atoms with Crippen molar-refractivity contribution in [1.82, 2.24) is 0 Å². The highest BCUT2D eigenvalue weighted by atomic mass is 16.5. The largest absolute Gasteiger partial charge is 0.496 e. The van der Waals surface area contributed by atoms with Crippen LogP contribution in [0.5, 0.6) is 23.0 Å². The van der Waals surface area contributed by atoms with Gasteiger partial charge in [-0.1, -0.05) is 0 Å². The van der Waals surface area contributed by atoms with Crippen LogP contribution in [0.4, 0.5) is 0 Å². The summed E-state index contributed by atoms with van der Waals surface area (Å²) in [7, 11) is 5.88. The van der Waals surface area contributed by atoms with Gasteiger partial charge in [-0.25, -0.2) is 9.59 Å². The van der Waals surface area contributed by atoms with Gasteiger partial charge in [0, 0.05) is 0 Å². The second kappa shape index (κ2) is 7.47. The van der Waals surface area contributed by atoms with Crippen molar-refractivity contribution in [2.24, 2.45) is 0 Å². The van der Waals surface area contributed by atoms with Crippen molar-refractivity contribution in [3.63, 3.8) is 0 Å². The van der Waals surface area contributed by atoms with Crippen LogP contribution in [0.15, 0.2) is 54.8 Å². The van der Waals surface area contributed by atoms with E-state index in [1.807, 2.05) is 0 Å². The lowest BCUT2D eigenvalue weighted by molar-refractivity contribution is 0.405. The summed E-state index contributed by atoms with van der Waals surface area (Å²) in [6.45, 7) is 0. The highest BCUT2D eigenvalue weighted by Crippen LogP contribution is 2.47. The Morgan fingerprint density at radius 2 is 0.933 bits per heavy atom. The van der Waals surface area contributed by atoms with Gasteiger partial charge in [-0.2, -0.15) is 0 Å². The Kier molecular flexibility index (Phi) is 4.83. The van der Waals surface area contributed by atoms with Gasteiger partial charge in [-0.05, 0) is 24.3 Å². The fourth-order valence-electron chi connectivity index (χ4n) is 3.51. The molecule has 4 rings (SSSR count). The van der Waals surface area contributed by atoms with Gasteiger partial charge in [0.05, 0.1) is 62.5 Å². The van der Waals surface area contributed by atoms with Gasteiger partial charge < -0.3 is 27.8 Å². The third-order valence-corrected chi connectivity index (χ3v) is 4.80. The van der Waals surface area contributed by atoms with Crippen molar-refractivity contribution >= 4 is 21.9 Å². The average Bonchev–Trinajstić information content (AvgIpc) is 2.76. The minimum absolute atomic E-state index is 0.204. The maximum absolute atomic E-state index is 12.2. The van der Waals surface area contributed by atoms with E-state index >= 15 is 0 Å². The Bertz CT molecular complexity index is 1270. The van der Waals surface area contributed by atoms with Crippen LogP contribution in [-0.2, 0) is 0 Å². The van der Waals surface area contributed by atoms with Crippen LogP contribution in [0.3, 0.4) is 0 Å². The minimum atomic E-state index is -0.605. The summed E-state index contributed by atoms with van der Waals surface area (Å²) in [5.74, 6) is 1.44. The first-order valence-corrected chi connectivity index (χ1v) is 8.90. The van der Waals surface area contributed by atoms with E-state index in [2.05, 4.69) is 0 Å². The maximum Gasteiger partial charge on any atom is 0.339 e. The van der Waals surface area contributed by atoms with Crippen molar-refractivity contribution < 1.29 is 27.8 Å². The van der Waals surface area contributed by atoms with E-state index in [0.29, 0.717) is 44.9 Å². The first kappa shape index (κ1) is 19.4. The third-order valence-electron chi connectivity index (χ3n) is 4.80. The first-order valence-electron chi connectivity index (χ1n) is 8.90. The molecule has 0 unspecified atom stereocenters. The molecular weight excluding hydrogens is 392 g/mol. The van der Waals surface area contributed by atoms with Crippen molar-refractivity contribution in [2.45, 2.75) is 0 Å². The van der Waals surface area contributed by atoms with E-state index in [4.69, 9.17) is 27.8 Å². The van der Waals surface area contributed by atoms with Crippen molar-refractivity contribution in [2.75, 3.05) is 28.4 Å². The van der Waals surface area contributed by atoms with E-state index in [1.54, 1.807) is 24.3 Å². The number of hydrogen-bond donors (Lipinski definition) is 0. The first-order chi connectivity index (χ1) is 14.5. The van der Waals surface area contributed by atoms with Crippen LogP contribution >= 0.6 is 0 Å². The lowest BCUT2D eigenvalue weighted by atomic mass is 9.97. The molecule has 4 aromatic rings. The van der Waals surface area contributed by atoms with Gasteiger partial charge in [0.25, 0.3) is 0 Å². The quantitative estimate of drug-likeness (QED) is 0.461. The van der Waals surface area contributed by atoms with Crippen LogP contribution in [0.25, 0.3) is 33.1 Å². The van der Waals surface area contributed by atoms with E-state index < -0.39 is 11.3 Å². The molecule has 0 saturated carbocycles.